The van der Waals surface area contributed by atoms with E-state index in [1.165, 1.54) is 11.3 Å². The Labute approximate surface area is 155 Å². The van der Waals surface area contributed by atoms with Gasteiger partial charge in [0, 0.05) is 58.0 Å². The average Bonchev–Trinajstić information content (AvgIpc) is 2.69. The zero-order valence-corrected chi connectivity index (χ0v) is 15.7. The normalized spacial score (nSPS) is 19.1. The topological polar surface area (TPSA) is 51.6 Å². The molecule has 3 heterocycles. The molecule has 7 nitrogen and oxygen atoms in total. The van der Waals surface area contributed by atoms with Crippen LogP contribution in [-0.4, -0.2) is 79.5 Å². The molecule has 0 saturated carbocycles. The molecule has 0 unspecified atom stereocenters. The van der Waals surface area contributed by atoms with Crippen LogP contribution in [0, 0.1) is 6.92 Å². The molecule has 0 bridgehead atoms. The van der Waals surface area contributed by atoms with E-state index >= 15 is 0 Å². The molecule has 26 heavy (non-hydrogen) atoms. The van der Waals surface area contributed by atoms with Crippen molar-refractivity contribution in [2.45, 2.75) is 6.92 Å². The summed E-state index contributed by atoms with van der Waals surface area (Å²) < 4.78 is 0. The summed E-state index contributed by atoms with van der Waals surface area (Å²) in [5.41, 5.74) is 2.60. The fraction of sp³-hybridized carbons (Fsp3) is 0.526. The lowest BCUT2D eigenvalue weighted by Crippen LogP contribution is -2.47. The molecule has 2 aromatic rings. The van der Waals surface area contributed by atoms with Crippen LogP contribution in [0.15, 0.2) is 30.5 Å². The average molecular weight is 353 g/mol. The fourth-order valence-electron chi connectivity index (χ4n) is 3.60. The highest BCUT2D eigenvalue weighted by atomic mass is 15.4. The van der Waals surface area contributed by atoms with Crippen LogP contribution in [0.5, 0.6) is 0 Å². The molecular formula is C19H27N7. The van der Waals surface area contributed by atoms with Crippen LogP contribution >= 0.6 is 0 Å². The third-order valence-corrected chi connectivity index (χ3v) is 5.29. The van der Waals surface area contributed by atoms with Crippen LogP contribution in [0.4, 0.5) is 17.5 Å². The van der Waals surface area contributed by atoms with Crippen LogP contribution in [0.1, 0.15) is 5.56 Å². The molecule has 0 atom stereocenters. The first-order valence-electron chi connectivity index (χ1n) is 9.39. The van der Waals surface area contributed by atoms with Gasteiger partial charge < -0.3 is 19.6 Å². The smallest absolute Gasteiger partial charge is 0.247 e. The molecule has 1 aromatic heterocycles. The summed E-state index contributed by atoms with van der Waals surface area (Å²) in [5.74, 6) is 1.70. The maximum Gasteiger partial charge on any atom is 0.247 e. The number of anilines is 3. The molecule has 0 N–H and O–H groups in total. The van der Waals surface area contributed by atoms with Crippen LogP contribution in [-0.2, 0) is 0 Å². The van der Waals surface area contributed by atoms with Gasteiger partial charge in [-0.15, -0.1) is 5.10 Å². The van der Waals surface area contributed by atoms with Gasteiger partial charge in [0.05, 0.1) is 6.20 Å². The zero-order chi connectivity index (χ0) is 17.9. The number of rotatable bonds is 3. The second kappa shape index (κ2) is 7.45. The molecule has 2 saturated heterocycles. The van der Waals surface area contributed by atoms with Crippen molar-refractivity contribution < 1.29 is 0 Å². The van der Waals surface area contributed by atoms with E-state index in [9.17, 15) is 0 Å². The van der Waals surface area contributed by atoms with Crippen molar-refractivity contribution in [1.29, 1.82) is 0 Å². The second-order valence-electron chi connectivity index (χ2n) is 7.22. The van der Waals surface area contributed by atoms with E-state index in [1.54, 1.807) is 6.20 Å². The van der Waals surface area contributed by atoms with Crippen molar-refractivity contribution in [2.24, 2.45) is 0 Å². The Balaban J connectivity index is 1.41. The minimum absolute atomic E-state index is 0.755. The molecule has 2 aliphatic rings. The number of likely N-dealkylation sites (N-methyl/N-ethyl adjacent to an activating group) is 1. The Morgan fingerprint density at radius 1 is 0.846 bits per heavy atom. The van der Waals surface area contributed by atoms with Crippen LogP contribution in [0.2, 0.25) is 0 Å². The summed E-state index contributed by atoms with van der Waals surface area (Å²) in [7, 11) is 2.16. The van der Waals surface area contributed by atoms with Gasteiger partial charge in [-0.1, -0.05) is 12.1 Å². The lowest BCUT2D eigenvalue weighted by Gasteiger charge is -2.36. The largest absolute Gasteiger partial charge is 0.368 e. The minimum Gasteiger partial charge on any atom is -0.368 e. The molecule has 2 aliphatic heterocycles. The monoisotopic (exact) mass is 353 g/mol. The summed E-state index contributed by atoms with van der Waals surface area (Å²) in [5, 5.41) is 8.51. The summed E-state index contributed by atoms with van der Waals surface area (Å²) in [6.07, 6.45) is 1.79. The van der Waals surface area contributed by atoms with Gasteiger partial charge in [0.1, 0.15) is 0 Å². The number of piperazine rings is 2. The van der Waals surface area contributed by atoms with Crippen molar-refractivity contribution in [3.05, 3.63) is 36.0 Å². The van der Waals surface area contributed by atoms with E-state index in [4.69, 9.17) is 4.98 Å². The molecule has 0 spiro atoms. The highest BCUT2D eigenvalue weighted by Crippen LogP contribution is 2.20. The molecule has 0 aliphatic carbocycles. The minimum atomic E-state index is 0.755. The van der Waals surface area contributed by atoms with Gasteiger partial charge in [0.15, 0.2) is 5.82 Å². The van der Waals surface area contributed by atoms with Gasteiger partial charge in [-0.3, -0.25) is 0 Å². The number of nitrogens with zero attached hydrogens (tertiary/aromatic N) is 7. The predicted molar refractivity (Wildman–Crippen MR) is 105 cm³/mol. The van der Waals surface area contributed by atoms with Gasteiger partial charge in [-0.05, 0) is 31.7 Å². The van der Waals surface area contributed by atoms with Crippen LogP contribution < -0.4 is 14.7 Å². The van der Waals surface area contributed by atoms with E-state index in [0.29, 0.717) is 0 Å². The molecule has 138 valence electrons. The maximum atomic E-state index is 4.80. The lowest BCUT2D eigenvalue weighted by atomic mass is 10.2. The maximum absolute atomic E-state index is 4.80. The molecule has 0 amide bonds. The number of hydrogen-bond donors (Lipinski definition) is 0. The third kappa shape index (κ3) is 3.72. The van der Waals surface area contributed by atoms with E-state index in [0.717, 1.165) is 64.1 Å². The second-order valence-corrected chi connectivity index (χ2v) is 7.22. The zero-order valence-electron chi connectivity index (χ0n) is 15.7. The van der Waals surface area contributed by atoms with Crippen LogP contribution in [0.3, 0.4) is 0 Å². The number of aryl methyl sites for hydroxylation is 1. The predicted octanol–water partition coefficient (Wildman–Crippen LogP) is 1.26. The van der Waals surface area contributed by atoms with E-state index in [2.05, 4.69) is 68.0 Å². The summed E-state index contributed by atoms with van der Waals surface area (Å²) in [6, 6.07) is 8.71. The number of benzene rings is 1. The van der Waals surface area contributed by atoms with E-state index < -0.39 is 0 Å². The van der Waals surface area contributed by atoms with Gasteiger partial charge in [0.25, 0.3) is 0 Å². The quantitative estimate of drug-likeness (QED) is 0.823. The highest BCUT2D eigenvalue weighted by Gasteiger charge is 2.22. The summed E-state index contributed by atoms with van der Waals surface area (Å²) >= 11 is 0. The van der Waals surface area contributed by atoms with E-state index in [-0.39, 0.29) is 0 Å². The van der Waals surface area contributed by atoms with Crippen LogP contribution in [0.25, 0.3) is 0 Å². The summed E-state index contributed by atoms with van der Waals surface area (Å²) in [6.45, 7) is 10.1. The first-order valence-corrected chi connectivity index (χ1v) is 9.39. The Morgan fingerprint density at radius 2 is 1.54 bits per heavy atom. The summed E-state index contributed by atoms with van der Waals surface area (Å²) in [4.78, 5) is 14.1. The number of aromatic nitrogens is 3. The van der Waals surface area contributed by atoms with Gasteiger partial charge in [-0.2, -0.15) is 10.1 Å². The van der Waals surface area contributed by atoms with Crippen molar-refractivity contribution in [3.8, 4) is 0 Å². The first kappa shape index (κ1) is 17.0. The molecule has 0 radical (unpaired) electrons. The van der Waals surface area contributed by atoms with Gasteiger partial charge >= 0.3 is 0 Å². The van der Waals surface area contributed by atoms with Crippen molar-refractivity contribution in [3.63, 3.8) is 0 Å². The molecule has 4 rings (SSSR count). The Bertz CT molecular complexity index is 734. The fourth-order valence-corrected chi connectivity index (χ4v) is 3.60. The number of hydrogen-bond acceptors (Lipinski definition) is 7. The first-order chi connectivity index (χ1) is 12.7. The molecular weight excluding hydrogens is 326 g/mol. The lowest BCUT2D eigenvalue weighted by molar-refractivity contribution is 0.312. The Morgan fingerprint density at radius 3 is 2.27 bits per heavy atom. The van der Waals surface area contributed by atoms with Gasteiger partial charge in [-0.25, -0.2) is 0 Å². The third-order valence-electron chi connectivity index (χ3n) is 5.29. The molecule has 7 heteroatoms. The Hall–Kier alpha value is -2.41. The van der Waals surface area contributed by atoms with Gasteiger partial charge in [0.2, 0.25) is 5.95 Å². The SMILES string of the molecule is Cc1cccc(N2CCN(c3nncc(N4CCN(C)CC4)n3)CC2)c1. The van der Waals surface area contributed by atoms with Crippen molar-refractivity contribution >= 4 is 17.5 Å². The highest BCUT2D eigenvalue weighted by molar-refractivity contribution is 5.50. The molecule has 2 fully saturated rings. The van der Waals surface area contributed by atoms with Crippen molar-refractivity contribution in [2.75, 3.05) is 74.1 Å². The molecule has 1 aromatic carbocycles. The van der Waals surface area contributed by atoms with E-state index in [1.807, 2.05) is 0 Å². The standard InChI is InChI=1S/C19H27N7/c1-16-4-3-5-17(14-16)24-10-12-26(13-11-24)19-21-18(15-20-22-19)25-8-6-23(2)7-9-25/h3-5,14-15H,6-13H2,1-2H3. The van der Waals surface area contributed by atoms with Crippen molar-refractivity contribution in [1.82, 2.24) is 20.1 Å². The Kier molecular flexibility index (Phi) is 4.88.